The summed E-state index contributed by atoms with van der Waals surface area (Å²) in [6.07, 6.45) is 2.07. The minimum atomic E-state index is -4.69. The van der Waals surface area contributed by atoms with E-state index in [-0.39, 0.29) is 30.5 Å². The summed E-state index contributed by atoms with van der Waals surface area (Å²) in [6.45, 7) is 3.00. The summed E-state index contributed by atoms with van der Waals surface area (Å²) < 4.78 is 16.2. The second-order valence-corrected chi connectivity index (χ2v) is 9.67. The van der Waals surface area contributed by atoms with Gasteiger partial charge in [0.2, 0.25) is 11.5 Å². The van der Waals surface area contributed by atoms with E-state index < -0.39 is 7.82 Å². The number of benzene rings is 1. The van der Waals surface area contributed by atoms with Crippen molar-refractivity contribution >= 4 is 52.9 Å². The molecule has 0 atom stereocenters. The molecule has 0 aliphatic rings. The number of thioether (sulfide) groups is 1. The van der Waals surface area contributed by atoms with E-state index in [0.29, 0.717) is 38.4 Å². The van der Waals surface area contributed by atoms with E-state index in [0.717, 1.165) is 11.8 Å². The van der Waals surface area contributed by atoms with Crippen LogP contribution in [-0.2, 0) is 20.4 Å². The molecule has 0 aliphatic carbocycles. The predicted octanol–water partition coefficient (Wildman–Crippen LogP) is 3.39. The Morgan fingerprint density at radius 1 is 1.38 bits per heavy atom. The average molecular weight is 545 g/mol. The van der Waals surface area contributed by atoms with Crippen molar-refractivity contribution in [2.24, 2.45) is 0 Å². The molecule has 0 aliphatic heterocycles. The fourth-order valence-electron chi connectivity index (χ4n) is 2.57. The third-order valence-corrected chi connectivity index (χ3v) is 6.58. The van der Waals surface area contributed by atoms with Gasteiger partial charge >= 0.3 is 7.82 Å². The van der Waals surface area contributed by atoms with Crippen molar-refractivity contribution in [1.29, 1.82) is 0 Å². The fraction of sp³-hybridized carbons (Fsp3) is 0.263. The molecule has 0 unspecified atom stereocenters. The molecule has 13 heteroatoms. The minimum Gasteiger partial charge on any atom is -0.383 e. The molecule has 2 aromatic rings. The Morgan fingerprint density at radius 2 is 2.06 bits per heavy atom. The molecule has 4 N–H and O–H groups in total. The molecule has 10 nitrogen and oxygen atoms in total. The van der Waals surface area contributed by atoms with E-state index in [2.05, 4.69) is 30.4 Å². The second-order valence-electron chi connectivity index (χ2n) is 6.51. The number of allylic oxidation sites excluding steroid dienone is 1. The third-order valence-electron chi connectivity index (χ3n) is 4.22. The van der Waals surface area contributed by atoms with Crippen LogP contribution in [0.3, 0.4) is 0 Å². The van der Waals surface area contributed by atoms with Gasteiger partial charge < -0.3 is 20.4 Å². The van der Waals surface area contributed by atoms with Gasteiger partial charge in [-0.25, -0.2) is 14.5 Å². The number of hydrogen-bond acceptors (Lipinski definition) is 8. The highest BCUT2D eigenvalue weighted by molar-refractivity contribution is 9.10. The molecule has 32 heavy (non-hydrogen) atoms. The molecule has 1 heterocycles. The van der Waals surface area contributed by atoms with Crippen molar-refractivity contribution in [3.63, 3.8) is 0 Å². The number of anilines is 1. The summed E-state index contributed by atoms with van der Waals surface area (Å²) >= 11 is 4.18. The standard InChI is InChI=1S/C19H22BrN4O6PS/c1-12(24(11-25)10-14-9-22-13(2)23-18(14)21)17(7-8-30-31(27,28)29)32-19(26)15-5-3-4-6-16(15)20/h3-6,9,11H,7-8,10H2,1-2H3,(H2,21,22,23)(H2,27,28,29)/b17-12-. The molecule has 0 radical (unpaired) electrons. The van der Waals surface area contributed by atoms with E-state index in [1.54, 1.807) is 38.1 Å². The molecule has 0 spiro atoms. The number of nitrogens with two attached hydrogens (primary N) is 1. The molecule has 0 bridgehead atoms. The smallest absolute Gasteiger partial charge is 0.383 e. The molecule has 172 valence electrons. The lowest BCUT2D eigenvalue weighted by molar-refractivity contribution is -0.116. The zero-order valence-corrected chi connectivity index (χ0v) is 20.6. The van der Waals surface area contributed by atoms with Crippen molar-refractivity contribution < 1.29 is 28.5 Å². The van der Waals surface area contributed by atoms with Gasteiger partial charge in [-0.2, -0.15) is 0 Å². The Balaban J connectivity index is 2.34. The number of phosphoric ester groups is 1. The van der Waals surface area contributed by atoms with Crippen LogP contribution >= 0.6 is 35.5 Å². The molecular formula is C19H22BrN4O6PS. The van der Waals surface area contributed by atoms with Crippen LogP contribution in [-0.4, -0.2) is 42.8 Å². The number of carbonyl (C=O) groups is 2. The van der Waals surface area contributed by atoms with E-state index in [9.17, 15) is 14.2 Å². The number of amides is 1. The first-order chi connectivity index (χ1) is 15.0. The summed E-state index contributed by atoms with van der Waals surface area (Å²) in [5.74, 6) is 0.710. The summed E-state index contributed by atoms with van der Waals surface area (Å²) in [4.78, 5) is 52.5. The number of nitrogens with zero attached hydrogens (tertiary/aromatic N) is 3. The number of nitrogen functional groups attached to an aromatic ring is 1. The number of rotatable bonds is 10. The number of hydrogen-bond donors (Lipinski definition) is 3. The van der Waals surface area contributed by atoms with Crippen LogP contribution in [0.5, 0.6) is 0 Å². The van der Waals surface area contributed by atoms with Gasteiger partial charge in [0.05, 0.1) is 13.2 Å². The molecular weight excluding hydrogens is 523 g/mol. The summed E-state index contributed by atoms with van der Waals surface area (Å²) in [5, 5.41) is -0.313. The zero-order chi connectivity index (χ0) is 23.9. The van der Waals surface area contributed by atoms with Crippen LogP contribution in [0.4, 0.5) is 5.82 Å². The van der Waals surface area contributed by atoms with Gasteiger partial charge in [0.25, 0.3) is 0 Å². The van der Waals surface area contributed by atoms with Gasteiger partial charge in [-0.05, 0) is 37.7 Å². The van der Waals surface area contributed by atoms with Gasteiger partial charge in [-0.3, -0.25) is 14.1 Å². The number of carbonyl (C=O) groups excluding carboxylic acids is 2. The Hall–Kier alpha value is -2.08. The molecule has 0 saturated carbocycles. The van der Waals surface area contributed by atoms with Gasteiger partial charge in [0, 0.05) is 38.8 Å². The first kappa shape index (κ1) is 26.2. The molecule has 1 aromatic carbocycles. The molecule has 2 rings (SSSR count). The maximum Gasteiger partial charge on any atom is 0.469 e. The highest BCUT2D eigenvalue weighted by atomic mass is 79.9. The Morgan fingerprint density at radius 3 is 2.66 bits per heavy atom. The SMILES string of the molecule is C/C(=C(\CCOP(=O)(O)O)SC(=O)c1ccccc1Br)N(C=O)Cc1cnc(C)nc1N. The van der Waals surface area contributed by atoms with E-state index >= 15 is 0 Å². The topological polar surface area (TPSA) is 156 Å². The summed E-state index contributed by atoms with van der Waals surface area (Å²) in [7, 11) is -4.69. The molecule has 0 fully saturated rings. The van der Waals surface area contributed by atoms with Crippen LogP contribution in [0.2, 0.25) is 0 Å². The van der Waals surface area contributed by atoms with Crippen LogP contribution in [0.25, 0.3) is 0 Å². The third kappa shape index (κ3) is 7.80. The van der Waals surface area contributed by atoms with Crippen molar-refractivity contribution in [2.75, 3.05) is 12.3 Å². The van der Waals surface area contributed by atoms with E-state index in [1.807, 2.05) is 0 Å². The van der Waals surface area contributed by atoms with Crippen molar-refractivity contribution in [3.8, 4) is 0 Å². The monoisotopic (exact) mass is 544 g/mol. The largest absolute Gasteiger partial charge is 0.469 e. The van der Waals surface area contributed by atoms with Gasteiger partial charge in [0.1, 0.15) is 11.6 Å². The highest BCUT2D eigenvalue weighted by Crippen LogP contribution is 2.38. The average Bonchev–Trinajstić information content (AvgIpc) is 2.71. The first-order valence-electron chi connectivity index (χ1n) is 9.18. The quantitative estimate of drug-likeness (QED) is 0.299. The van der Waals surface area contributed by atoms with Gasteiger partial charge in [-0.15, -0.1) is 0 Å². The first-order valence-corrected chi connectivity index (χ1v) is 12.3. The van der Waals surface area contributed by atoms with Crippen molar-refractivity contribution in [2.45, 2.75) is 26.8 Å². The molecule has 1 amide bonds. The number of aryl methyl sites for hydroxylation is 1. The maximum absolute atomic E-state index is 12.9. The van der Waals surface area contributed by atoms with E-state index in [4.69, 9.17) is 15.5 Å². The van der Waals surface area contributed by atoms with Crippen LogP contribution < -0.4 is 5.73 Å². The van der Waals surface area contributed by atoms with Crippen molar-refractivity contribution in [1.82, 2.24) is 14.9 Å². The normalized spacial score (nSPS) is 12.3. The van der Waals surface area contributed by atoms with Gasteiger partial charge in [0.15, 0.2) is 0 Å². The number of halogens is 1. The molecule has 1 aromatic heterocycles. The van der Waals surface area contributed by atoms with Crippen LogP contribution in [0.15, 0.2) is 45.5 Å². The number of aromatic nitrogens is 2. The summed E-state index contributed by atoms with van der Waals surface area (Å²) in [6, 6.07) is 6.84. The van der Waals surface area contributed by atoms with Crippen LogP contribution in [0, 0.1) is 6.92 Å². The van der Waals surface area contributed by atoms with Gasteiger partial charge in [-0.1, -0.05) is 28.1 Å². The van der Waals surface area contributed by atoms with Crippen LogP contribution in [0.1, 0.15) is 35.1 Å². The zero-order valence-electron chi connectivity index (χ0n) is 17.3. The minimum absolute atomic E-state index is 0.0119. The maximum atomic E-state index is 12.9. The lowest BCUT2D eigenvalue weighted by atomic mass is 10.2. The lowest BCUT2D eigenvalue weighted by Crippen LogP contribution is -2.22. The highest BCUT2D eigenvalue weighted by Gasteiger charge is 2.20. The van der Waals surface area contributed by atoms with Crippen molar-refractivity contribution in [3.05, 3.63) is 62.5 Å². The Bertz CT molecular complexity index is 1080. The number of phosphoric acid groups is 1. The fourth-order valence-corrected chi connectivity index (χ4v) is 4.46. The Labute approximate surface area is 197 Å². The molecule has 0 saturated heterocycles. The second kappa shape index (κ2) is 11.7. The van der Waals surface area contributed by atoms with E-state index in [1.165, 1.54) is 11.1 Å². The predicted molar refractivity (Wildman–Crippen MR) is 124 cm³/mol. The summed E-state index contributed by atoms with van der Waals surface area (Å²) in [5.41, 5.74) is 7.24. The lowest BCUT2D eigenvalue weighted by Gasteiger charge is -2.22. The Kier molecular flexibility index (Phi) is 9.56.